The first-order valence-electron chi connectivity index (χ1n) is 8.18. The van der Waals surface area contributed by atoms with Crippen LogP contribution in [0.15, 0.2) is 42.5 Å². The van der Waals surface area contributed by atoms with Crippen molar-refractivity contribution in [3.05, 3.63) is 70.5 Å². The van der Waals surface area contributed by atoms with Gasteiger partial charge in [-0.25, -0.2) is 4.39 Å². The Balaban J connectivity index is 1.81. The van der Waals surface area contributed by atoms with Gasteiger partial charge in [0, 0.05) is 30.5 Å². The van der Waals surface area contributed by atoms with Gasteiger partial charge in [-0.1, -0.05) is 30.3 Å². The van der Waals surface area contributed by atoms with Gasteiger partial charge in [-0.15, -0.1) is 0 Å². The molecule has 1 amide bonds. The van der Waals surface area contributed by atoms with E-state index in [0.717, 1.165) is 11.1 Å². The Labute approximate surface area is 146 Å². The van der Waals surface area contributed by atoms with Crippen molar-refractivity contribution in [2.45, 2.75) is 32.8 Å². The van der Waals surface area contributed by atoms with E-state index in [0.29, 0.717) is 5.56 Å². The summed E-state index contributed by atoms with van der Waals surface area (Å²) in [6.07, 6.45) is -1.01. The zero-order valence-electron chi connectivity index (χ0n) is 14.4. The van der Waals surface area contributed by atoms with Crippen molar-refractivity contribution in [2.75, 3.05) is 6.54 Å². The summed E-state index contributed by atoms with van der Waals surface area (Å²) in [4.78, 5) is 24.0. The maximum absolute atomic E-state index is 13.5. The first-order valence-corrected chi connectivity index (χ1v) is 8.18. The van der Waals surface area contributed by atoms with Gasteiger partial charge in [0.05, 0.1) is 6.10 Å². The van der Waals surface area contributed by atoms with E-state index < -0.39 is 11.9 Å². The normalized spacial score (nSPS) is 11.8. The molecule has 25 heavy (non-hydrogen) atoms. The molecule has 0 saturated heterocycles. The number of carbonyl (C=O) groups is 2. The topological polar surface area (TPSA) is 66.4 Å². The fourth-order valence-corrected chi connectivity index (χ4v) is 2.44. The molecule has 5 heteroatoms. The second-order valence-corrected chi connectivity index (χ2v) is 6.06. The predicted octanol–water partition coefficient (Wildman–Crippen LogP) is 3.26. The monoisotopic (exact) mass is 343 g/mol. The smallest absolute Gasteiger partial charge is 0.220 e. The average molecular weight is 343 g/mol. The van der Waals surface area contributed by atoms with Crippen LogP contribution in [0.2, 0.25) is 0 Å². The fourth-order valence-electron chi connectivity index (χ4n) is 2.44. The summed E-state index contributed by atoms with van der Waals surface area (Å²) >= 11 is 0. The van der Waals surface area contributed by atoms with Gasteiger partial charge in [0.2, 0.25) is 5.91 Å². The highest BCUT2D eigenvalue weighted by atomic mass is 19.1. The minimum absolute atomic E-state index is 0.0236. The number of hydrogen-bond acceptors (Lipinski definition) is 3. The van der Waals surface area contributed by atoms with Gasteiger partial charge in [-0.05, 0) is 37.1 Å². The number of Topliss-reactive ketones (excluding diaryl/α,β-unsaturated/α-hetero) is 1. The van der Waals surface area contributed by atoms with Gasteiger partial charge >= 0.3 is 0 Å². The van der Waals surface area contributed by atoms with Gasteiger partial charge in [-0.3, -0.25) is 9.59 Å². The fraction of sp³-hybridized carbons (Fsp3) is 0.300. The molecule has 2 N–H and O–H groups in total. The number of aliphatic hydroxyl groups is 1. The molecule has 1 atom stereocenters. The molecule has 1 unspecified atom stereocenters. The summed E-state index contributed by atoms with van der Waals surface area (Å²) in [6, 6.07) is 11.3. The zero-order chi connectivity index (χ0) is 18.4. The number of halogens is 1. The number of amides is 1. The summed E-state index contributed by atoms with van der Waals surface area (Å²) < 4.78 is 13.5. The van der Waals surface area contributed by atoms with E-state index in [1.165, 1.54) is 18.2 Å². The second kappa shape index (κ2) is 8.53. The minimum atomic E-state index is -1.12. The highest BCUT2D eigenvalue weighted by molar-refractivity contribution is 5.98. The third kappa shape index (κ3) is 5.22. The quantitative estimate of drug-likeness (QED) is 0.759. The lowest BCUT2D eigenvalue weighted by Crippen LogP contribution is -2.29. The second-order valence-electron chi connectivity index (χ2n) is 6.06. The maximum atomic E-state index is 13.5. The largest absolute Gasteiger partial charge is 0.386 e. The van der Waals surface area contributed by atoms with Crippen LogP contribution in [0.4, 0.5) is 4.39 Å². The molecule has 2 rings (SSSR count). The van der Waals surface area contributed by atoms with E-state index in [1.54, 1.807) is 12.1 Å². The average Bonchev–Trinajstić information content (AvgIpc) is 2.60. The molecule has 0 fully saturated rings. The summed E-state index contributed by atoms with van der Waals surface area (Å²) in [5.41, 5.74) is 2.86. The number of hydrogen-bond donors (Lipinski definition) is 2. The standard InChI is InChI=1S/C20H22FNO3/c1-13-7-8-15(11-14(13)2)18(23)9-10-20(25)22-12-19(24)16-5-3-4-6-17(16)21/h3-8,11,19,24H,9-10,12H2,1-2H3,(H,22,25). The van der Waals surface area contributed by atoms with Crippen LogP contribution in [-0.4, -0.2) is 23.3 Å². The summed E-state index contributed by atoms with van der Waals surface area (Å²) in [5, 5.41) is 12.5. The van der Waals surface area contributed by atoms with Crippen molar-refractivity contribution in [2.24, 2.45) is 0 Å². The molecule has 132 valence electrons. The molecule has 0 aromatic heterocycles. The molecule has 0 bridgehead atoms. The molecule has 0 aliphatic carbocycles. The Kier molecular flexibility index (Phi) is 6.42. The molecule has 0 saturated carbocycles. The SMILES string of the molecule is Cc1ccc(C(=O)CCC(=O)NCC(O)c2ccccc2F)cc1C. The van der Waals surface area contributed by atoms with Crippen LogP contribution in [0.5, 0.6) is 0 Å². The number of aliphatic hydroxyl groups excluding tert-OH is 1. The molecule has 2 aromatic rings. The molecule has 2 aromatic carbocycles. The third-order valence-electron chi connectivity index (χ3n) is 4.16. The Bertz CT molecular complexity index is 773. The van der Waals surface area contributed by atoms with E-state index in [1.807, 2.05) is 26.0 Å². The Morgan fingerprint density at radius 3 is 2.48 bits per heavy atom. The molecule has 0 spiro atoms. The van der Waals surface area contributed by atoms with Gasteiger partial charge in [0.25, 0.3) is 0 Å². The summed E-state index contributed by atoms with van der Waals surface area (Å²) in [5.74, 6) is -0.977. The Morgan fingerprint density at radius 2 is 1.80 bits per heavy atom. The lowest BCUT2D eigenvalue weighted by atomic mass is 10.0. The van der Waals surface area contributed by atoms with Crippen LogP contribution >= 0.6 is 0 Å². The van der Waals surface area contributed by atoms with Gasteiger partial charge < -0.3 is 10.4 Å². The lowest BCUT2D eigenvalue weighted by molar-refractivity contribution is -0.121. The van der Waals surface area contributed by atoms with Crippen molar-refractivity contribution in [1.82, 2.24) is 5.32 Å². The van der Waals surface area contributed by atoms with Crippen LogP contribution in [0.3, 0.4) is 0 Å². The highest BCUT2D eigenvalue weighted by Gasteiger charge is 2.14. The number of carbonyl (C=O) groups excluding carboxylic acids is 2. The van der Waals surface area contributed by atoms with E-state index >= 15 is 0 Å². The van der Waals surface area contributed by atoms with Crippen LogP contribution in [0, 0.1) is 19.7 Å². The molecular formula is C20H22FNO3. The molecule has 0 heterocycles. The predicted molar refractivity (Wildman–Crippen MR) is 93.9 cm³/mol. The summed E-state index contributed by atoms with van der Waals surface area (Å²) in [7, 11) is 0. The summed E-state index contributed by atoms with van der Waals surface area (Å²) in [6.45, 7) is 3.80. The van der Waals surface area contributed by atoms with Gasteiger partial charge in [-0.2, -0.15) is 0 Å². The van der Waals surface area contributed by atoms with E-state index in [2.05, 4.69) is 5.32 Å². The first-order chi connectivity index (χ1) is 11.9. The number of rotatable bonds is 7. The number of ketones is 1. The maximum Gasteiger partial charge on any atom is 0.220 e. The molecule has 0 aliphatic rings. The molecular weight excluding hydrogens is 321 g/mol. The van der Waals surface area contributed by atoms with Crippen molar-refractivity contribution in [3.8, 4) is 0 Å². The zero-order valence-corrected chi connectivity index (χ0v) is 14.4. The van der Waals surface area contributed by atoms with Gasteiger partial charge in [0.1, 0.15) is 5.82 Å². The minimum Gasteiger partial charge on any atom is -0.386 e. The van der Waals surface area contributed by atoms with Crippen molar-refractivity contribution in [1.29, 1.82) is 0 Å². The Hall–Kier alpha value is -2.53. The van der Waals surface area contributed by atoms with E-state index in [9.17, 15) is 19.1 Å². The highest BCUT2D eigenvalue weighted by Crippen LogP contribution is 2.16. The third-order valence-corrected chi connectivity index (χ3v) is 4.16. The van der Waals surface area contributed by atoms with Crippen molar-refractivity contribution in [3.63, 3.8) is 0 Å². The molecule has 0 radical (unpaired) electrons. The van der Waals surface area contributed by atoms with Gasteiger partial charge in [0.15, 0.2) is 5.78 Å². The number of aryl methyl sites for hydroxylation is 2. The lowest BCUT2D eigenvalue weighted by Gasteiger charge is -2.13. The van der Waals surface area contributed by atoms with E-state index in [-0.39, 0.29) is 36.6 Å². The molecule has 4 nitrogen and oxygen atoms in total. The van der Waals surface area contributed by atoms with Crippen LogP contribution in [0.1, 0.15) is 46.0 Å². The first kappa shape index (κ1) is 18.8. The molecule has 0 aliphatic heterocycles. The van der Waals surface area contributed by atoms with E-state index in [4.69, 9.17) is 0 Å². The van der Waals surface area contributed by atoms with Crippen LogP contribution < -0.4 is 5.32 Å². The number of nitrogens with one attached hydrogen (secondary N) is 1. The van der Waals surface area contributed by atoms with Crippen molar-refractivity contribution < 1.29 is 19.1 Å². The van der Waals surface area contributed by atoms with Crippen LogP contribution in [-0.2, 0) is 4.79 Å². The number of benzene rings is 2. The van der Waals surface area contributed by atoms with Crippen LogP contribution in [0.25, 0.3) is 0 Å². The Morgan fingerprint density at radius 1 is 1.08 bits per heavy atom. The van der Waals surface area contributed by atoms with Crippen molar-refractivity contribution >= 4 is 11.7 Å².